The first kappa shape index (κ1) is 16.5. The Morgan fingerprint density at radius 1 is 1.15 bits per heavy atom. The van der Waals surface area contributed by atoms with E-state index in [-0.39, 0.29) is 18.4 Å². The summed E-state index contributed by atoms with van der Waals surface area (Å²) >= 11 is 0. The number of carbonyl (C=O) groups excluding carboxylic acids is 2. The van der Waals surface area contributed by atoms with Crippen LogP contribution in [0.25, 0.3) is 6.08 Å². The molecule has 2 aliphatic rings. The summed E-state index contributed by atoms with van der Waals surface area (Å²) in [6.07, 6.45) is 5.93. The van der Waals surface area contributed by atoms with Crippen molar-refractivity contribution in [1.82, 2.24) is 15.2 Å². The molecule has 3 heterocycles. The van der Waals surface area contributed by atoms with Gasteiger partial charge in [-0.1, -0.05) is 24.3 Å². The lowest BCUT2D eigenvalue weighted by atomic mass is 10.00. The Kier molecular flexibility index (Phi) is 4.50. The lowest BCUT2D eigenvalue weighted by Crippen LogP contribution is -2.34. The van der Waals surface area contributed by atoms with Crippen LogP contribution in [0.15, 0.2) is 42.6 Å². The van der Waals surface area contributed by atoms with E-state index in [1.54, 1.807) is 18.3 Å². The van der Waals surface area contributed by atoms with Crippen LogP contribution in [0, 0.1) is 0 Å². The highest BCUT2D eigenvalue weighted by molar-refractivity contribution is 5.93. The van der Waals surface area contributed by atoms with Gasteiger partial charge in [0.1, 0.15) is 5.82 Å². The van der Waals surface area contributed by atoms with Gasteiger partial charge in [-0.05, 0) is 35.3 Å². The molecule has 6 heteroatoms. The van der Waals surface area contributed by atoms with Crippen LogP contribution in [0.4, 0.5) is 5.82 Å². The van der Waals surface area contributed by atoms with Gasteiger partial charge in [-0.3, -0.25) is 9.59 Å². The Balaban J connectivity index is 1.46. The number of aromatic nitrogens is 1. The molecule has 0 atom stereocenters. The van der Waals surface area contributed by atoms with Crippen LogP contribution in [0.5, 0.6) is 0 Å². The van der Waals surface area contributed by atoms with Crippen molar-refractivity contribution in [3.05, 3.63) is 64.9 Å². The summed E-state index contributed by atoms with van der Waals surface area (Å²) in [6, 6.07) is 10.2. The third kappa shape index (κ3) is 3.50. The van der Waals surface area contributed by atoms with Crippen molar-refractivity contribution in [3.63, 3.8) is 0 Å². The fraction of sp³-hybridized carbons (Fsp3) is 0.250. The molecule has 0 aliphatic carbocycles. The first-order valence-corrected chi connectivity index (χ1v) is 8.72. The van der Waals surface area contributed by atoms with Gasteiger partial charge < -0.3 is 15.5 Å². The minimum atomic E-state index is -0.0971. The van der Waals surface area contributed by atoms with Gasteiger partial charge >= 0.3 is 0 Å². The summed E-state index contributed by atoms with van der Waals surface area (Å²) in [7, 11) is 0. The Hall–Kier alpha value is -2.99. The number of carbonyl (C=O) groups is 2. The maximum absolute atomic E-state index is 12.5. The molecule has 2 N–H and O–H groups in total. The average Bonchev–Trinajstić information content (AvgIpc) is 2.85. The molecule has 6 nitrogen and oxygen atoms in total. The van der Waals surface area contributed by atoms with E-state index < -0.39 is 0 Å². The molecule has 0 radical (unpaired) electrons. The van der Waals surface area contributed by atoms with Crippen molar-refractivity contribution in [2.75, 3.05) is 18.4 Å². The van der Waals surface area contributed by atoms with E-state index in [1.807, 2.05) is 23.1 Å². The molecule has 132 valence electrons. The second-order valence-electron chi connectivity index (χ2n) is 6.54. The fourth-order valence-corrected chi connectivity index (χ4v) is 3.31. The Morgan fingerprint density at radius 3 is 2.88 bits per heavy atom. The predicted molar refractivity (Wildman–Crippen MR) is 99.2 cm³/mol. The number of fused-ring (bicyclic) bond motifs is 2. The SMILES string of the molecule is O=C1CNCc2cc(/C=C/C(=O)N3CCc4ccccc4C3)cnc2N1. The van der Waals surface area contributed by atoms with Crippen molar-refractivity contribution in [2.45, 2.75) is 19.5 Å². The van der Waals surface area contributed by atoms with E-state index in [2.05, 4.69) is 27.8 Å². The number of anilines is 1. The van der Waals surface area contributed by atoms with E-state index in [0.717, 1.165) is 24.1 Å². The summed E-state index contributed by atoms with van der Waals surface area (Å²) in [5.41, 5.74) is 4.30. The molecule has 2 aliphatic heterocycles. The van der Waals surface area contributed by atoms with Crippen LogP contribution in [0.1, 0.15) is 22.3 Å². The average molecular weight is 348 g/mol. The van der Waals surface area contributed by atoms with E-state index in [1.165, 1.54) is 11.1 Å². The zero-order chi connectivity index (χ0) is 17.9. The van der Waals surface area contributed by atoms with Crippen molar-refractivity contribution in [3.8, 4) is 0 Å². The number of pyridine rings is 1. The molecule has 0 spiro atoms. The number of amides is 2. The van der Waals surface area contributed by atoms with Gasteiger partial charge in [0, 0.05) is 37.5 Å². The van der Waals surface area contributed by atoms with Gasteiger partial charge in [0.15, 0.2) is 0 Å². The standard InChI is InChI=1S/C20H20N4O2/c25-18-12-21-11-17-9-14(10-22-20(17)23-18)5-6-19(26)24-8-7-15-3-1-2-4-16(15)13-24/h1-6,9-10,21H,7-8,11-13H2,(H,22,23,25)/b6-5+. The Labute approximate surface area is 151 Å². The van der Waals surface area contributed by atoms with Crippen LogP contribution in [-0.2, 0) is 29.1 Å². The third-order valence-electron chi connectivity index (χ3n) is 4.71. The van der Waals surface area contributed by atoms with Crippen LogP contribution < -0.4 is 10.6 Å². The molecule has 4 rings (SSSR count). The van der Waals surface area contributed by atoms with Gasteiger partial charge in [0.25, 0.3) is 0 Å². The molecule has 0 unspecified atom stereocenters. The quantitative estimate of drug-likeness (QED) is 0.811. The molecule has 1 aromatic carbocycles. The lowest BCUT2D eigenvalue weighted by Gasteiger charge is -2.27. The largest absolute Gasteiger partial charge is 0.334 e. The summed E-state index contributed by atoms with van der Waals surface area (Å²) in [6.45, 7) is 2.23. The molecule has 2 aromatic rings. The van der Waals surface area contributed by atoms with Gasteiger partial charge in [-0.15, -0.1) is 0 Å². The van der Waals surface area contributed by atoms with Gasteiger partial charge in [-0.2, -0.15) is 0 Å². The summed E-state index contributed by atoms with van der Waals surface area (Å²) in [5.74, 6) is 0.483. The highest BCUT2D eigenvalue weighted by Gasteiger charge is 2.18. The molecule has 0 bridgehead atoms. The zero-order valence-corrected chi connectivity index (χ0v) is 14.4. The lowest BCUT2D eigenvalue weighted by molar-refractivity contribution is -0.126. The summed E-state index contributed by atoms with van der Waals surface area (Å²) in [4.78, 5) is 30.2. The Morgan fingerprint density at radius 2 is 2.00 bits per heavy atom. The first-order chi connectivity index (χ1) is 12.7. The van der Waals surface area contributed by atoms with Gasteiger partial charge in [0.2, 0.25) is 11.8 Å². The van der Waals surface area contributed by atoms with E-state index in [0.29, 0.717) is 18.9 Å². The van der Waals surface area contributed by atoms with E-state index in [4.69, 9.17) is 0 Å². The van der Waals surface area contributed by atoms with Crippen molar-refractivity contribution in [1.29, 1.82) is 0 Å². The van der Waals surface area contributed by atoms with E-state index in [9.17, 15) is 9.59 Å². The highest BCUT2D eigenvalue weighted by atomic mass is 16.2. The maximum Gasteiger partial charge on any atom is 0.246 e. The molecule has 0 fully saturated rings. The topological polar surface area (TPSA) is 74.3 Å². The minimum absolute atomic E-state index is 0.000809. The first-order valence-electron chi connectivity index (χ1n) is 8.72. The monoisotopic (exact) mass is 348 g/mol. The second-order valence-corrected chi connectivity index (χ2v) is 6.54. The molecule has 0 saturated heterocycles. The smallest absolute Gasteiger partial charge is 0.246 e. The number of nitrogens with one attached hydrogen (secondary N) is 2. The Bertz CT molecular complexity index is 891. The molecular weight excluding hydrogens is 328 g/mol. The van der Waals surface area contributed by atoms with Crippen LogP contribution in [0.3, 0.4) is 0 Å². The summed E-state index contributed by atoms with van der Waals surface area (Å²) < 4.78 is 0. The highest BCUT2D eigenvalue weighted by Crippen LogP contribution is 2.20. The molecule has 0 saturated carbocycles. The van der Waals surface area contributed by atoms with Crippen molar-refractivity contribution < 1.29 is 9.59 Å². The van der Waals surface area contributed by atoms with Gasteiger partial charge in [0.05, 0.1) is 6.54 Å². The maximum atomic E-state index is 12.5. The molecular formula is C20H20N4O2. The number of hydrogen-bond acceptors (Lipinski definition) is 4. The molecule has 2 amide bonds. The van der Waals surface area contributed by atoms with Crippen LogP contribution in [-0.4, -0.2) is 34.8 Å². The molecule has 26 heavy (non-hydrogen) atoms. The van der Waals surface area contributed by atoms with Crippen molar-refractivity contribution >= 4 is 23.7 Å². The second kappa shape index (κ2) is 7.09. The van der Waals surface area contributed by atoms with Crippen LogP contribution >= 0.6 is 0 Å². The number of benzene rings is 1. The zero-order valence-electron chi connectivity index (χ0n) is 14.4. The number of nitrogens with zero attached hydrogens (tertiary/aromatic N) is 2. The number of rotatable bonds is 2. The predicted octanol–water partition coefficient (Wildman–Crippen LogP) is 1.72. The minimum Gasteiger partial charge on any atom is -0.334 e. The summed E-state index contributed by atoms with van der Waals surface area (Å²) in [5, 5.41) is 5.82. The molecule has 1 aromatic heterocycles. The van der Waals surface area contributed by atoms with Crippen LogP contribution in [0.2, 0.25) is 0 Å². The van der Waals surface area contributed by atoms with Crippen molar-refractivity contribution in [2.24, 2.45) is 0 Å². The number of hydrogen-bond donors (Lipinski definition) is 2. The van der Waals surface area contributed by atoms with E-state index >= 15 is 0 Å². The normalized spacial score (nSPS) is 16.6. The van der Waals surface area contributed by atoms with Gasteiger partial charge in [-0.25, -0.2) is 4.98 Å². The third-order valence-corrected chi connectivity index (χ3v) is 4.71. The fourth-order valence-electron chi connectivity index (χ4n) is 3.31.